The second-order valence-electron chi connectivity index (χ2n) is 5.76. The van der Waals surface area contributed by atoms with Gasteiger partial charge in [-0.25, -0.2) is 14.3 Å². The highest BCUT2D eigenvalue weighted by Gasteiger charge is 2.15. The average molecular weight is 329 g/mol. The Hall–Kier alpha value is -2.90. The van der Waals surface area contributed by atoms with Gasteiger partial charge in [-0.1, -0.05) is 19.1 Å². The molecule has 1 unspecified atom stereocenters. The van der Waals surface area contributed by atoms with Gasteiger partial charge in [0.15, 0.2) is 0 Å². The molecule has 8 nitrogen and oxygen atoms in total. The first-order valence-electron chi connectivity index (χ1n) is 7.91. The second-order valence-corrected chi connectivity index (χ2v) is 5.76. The summed E-state index contributed by atoms with van der Waals surface area (Å²) in [6.07, 6.45) is 0.972. The van der Waals surface area contributed by atoms with E-state index in [4.69, 9.17) is 0 Å². The van der Waals surface area contributed by atoms with Crippen molar-refractivity contribution in [2.24, 2.45) is 0 Å². The normalized spacial score (nSPS) is 12.6. The van der Waals surface area contributed by atoms with Crippen molar-refractivity contribution < 1.29 is 4.79 Å². The van der Waals surface area contributed by atoms with Gasteiger partial charge in [-0.15, -0.1) is 5.10 Å². The fourth-order valence-electron chi connectivity index (χ4n) is 2.64. The Balaban J connectivity index is 2.04. The van der Waals surface area contributed by atoms with E-state index < -0.39 is 5.69 Å². The molecule has 0 fully saturated rings. The Labute approximate surface area is 137 Å². The van der Waals surface area contributed by atoms with Crippen LogP contribution in [-0.2, 0) is 11.3 Å². The molecule has 0 saturated heterocycles. The van der Waals surface area contributed by atoms with Crippen molar-refractivity contribution in [1.82, 2.24) is 24.5 Å². The van der Waals surface area contributed by atoms with Crippen LogP contribution < -0.4 is 16.6 Å². The van der Waals surface area contributed by atoms with E-state index in [0.29, 0.717) is 10.9 Å². The summed E-state index contributed by atoms with van der Waals surface area (Å²) in [4.78, 5) is 36.7. The van der Waals surface area contributed by atoms with Crippen LogP contribution in [0, 0.1) is 0 Å². The maximum absolute atomic E-state index is 12.7. The highest BCUT2D eigenvalue weighted by Crippen LogP contribution is 2.10. The lowest BCUT2D eigenvalue weighted by Crippen LogP contribution is -2.34. The molecule has 1 aromatic carbocycles. The summed E-state index contributed by atoms with van der Waals surface area (Å²) in [6, 6.07) is 6.93. The van der Waals surface area contributed by atoms with Crippen LogP contribution in [0.4, 0.5) is 0 Å². The predicted octanol–water partition coefficient (Wildman–Crippen LogP) is 0.642. The molecule has 0 aliphatic rings. The predicted molar refractivity (Wildman–Crippen MR) is 90.1 cm³/mol. The van der Waals surface area contributed by atoms with E-state index in [1.807, 2.05) is 13.8 Å². The topological polar surface area (TPSA) is 101 Å². The number of fused-ring (bicyclic) bond motifs is 3. The number of nitrogens with one attached hydrogen (secondary N) is 2. The fourth-order valence-corrected chi connectivity index (χ4v) is 2.64. The van der Waals surface area contributed by atoms with Gasteiger partial charge in [0.2, 0.25) is 11.7 Å². The molecule has 0 aliphatic carbocycles. The monoisotopic (exact) mass is 329 g/mol. The molecule has 1 atom stereocenters. The maximum atomic E-state index is 12.7. The Bertz CT molecular complexity index is 1010. The molecule has 24 heavy (non-hydrogen) atoms. The summed E-state index contributed by atoms with van der Waals surface area (Å²) in [7, 11) is 0. The third kappa shape index (κ3) is 2.70. The number of amides is 1. The van der Waals surface area contributed by atoms with Crippen LogP contribution in [-0.4, -0.2) is 31.1 Å². The van der Waals surface area contributed by atoms with E-state index in [1.165, 1.54) is 8.97 Å². The van der Waals surface area contributed by atoms with Gasteiger partial charge in [0, 0.05) is 19.0 Å². The minimum absolute atomic E-state index is 0.0823. The minimum atomic E-state index is -0.418. The molecule has 2 aromatic heterocycles. The second kappa shape index (κ2) is 6.31. The molecule has 1 amide bonds. The van der Waals surface area contributed by atoms with Gasteiger partial charge in [-0.2, -0.15) is 0 Å². The number of carbonyl (C=O) groups is 1. The van der Waals surface area contributed by atoms with Crippen LogP contribution in [0.2, 0.25) is 0 Å². The molecule has 0 spiro atoms. The average Bonchev–Trinajstić information content (AvgIpc) is 2.96. The fraction of sp³-hybridized carbons (Fsp3) is 0.375. The lowest BCUT2D eigenvalue weighted by atomic mass is 10.2. The van der Waals surface area contributed by atoms with Gasteiger partial charge in [-0.3, -0.25) is 14.2 Å². The van der Waals surface area contributed by atoms with E-state index in [0.717, 1.165) is 6.42 Å². The molecule has 126 valence electrons. The molecular weight excluding hydrogens is 310 g/mol. The molecule has 0 aliphatic heterocycles. The number of aromatic amines is 1. The van der Waals surface area contributed by atoms with E-state index in [9.17, 15) is 14.4 Å². The lowest BCUT2D eigenvalue weighted by molar-refractivity contribution is -0.121. The number of aromatic nitrogens is 4. The molecule has 0 saturated carbocycles. The van der Waals surface area contributed by atoms with Gasteiger partial charge in [0.25, 0.3) is 5.56 Å². The first kappa shape index (κ1) is 16.0. The summed E-state index contributed by atoms with van der Waals surface area (Å²) in [5, 5.41) is 9.57. The van der Waals surface area contributed by atoms with Gasteiger partial charge in [0.05, 0.1) is 10.9 Å². The van der Waals surface area contributed by atoms with Crippen molar-refractivity contribution in [3.8, 4) is 0 Å². The Morgan fingerprint density at radius 2 is 2.08 bits per heavy atom. The summed E-state index contributed by atoms with van der Waals surface area (Å²) in [6.45, 7) is 4.06. The standard InChI is InChI=1S/C16H19N5O3/c1-3-10(2)17-13(22)8-9-20-14(23)11-6-4-5-7-12(11)21-15(20)18-19-16(21)24/h4-7,10H,3,8-9H2,1-2H3,(H,17,22)(H,19,24). The summed E-state index contributed by atoms with van der Waals surface area (Å²) in [5.74, 6) is 0.0699. The Morgan fingerprint density at radius 3 is 2.83 bits per heavy atom. The number of hydrogen-bond donors (Lipinski definition) is 2. The van der Waals surface area contributed by atoms with Crippen molar-refractivity contribution in [2.45, 2.75) is 39.3 Å². The molecule has 2 heterocycles. The van der Waals surface area contributed by atoms with Crippen molar-refractivity contribution in [3.05, 3.63) is 45.1 Å². The van der Waals surface area contributed by atoms with Crippen LogP contribution >= 0.6 is 0 Å². The first-order chi connectivity index (χ1) is 11.5. The number of benzene rings is 1. The third-order valence-electron chi connectivity index (χ3n) is 4.10. The largest absolute Gasteiger partial charge is 0.354 e. The number of carbonyl (C=O) groups excluding carboxylic acids is 1. The number of hydrogen-bond acceptors (Lipinski definition) is 4. The van der Waals surface area contributed by atoms with Crippen molar-refractivity contribution in [1.29, 1.82) is 0 Å². The highest BCUT2D eigenvalue weighted by atomic mass is 16.2. The van der Waals surface area contributed by atoms with Crippen LogP contribution in [0.25, 0.3) is 16.7 Å². The zero-order valence-electron chi connectivity index (χ0n) is 13.6. The smallest absolute Gasteiger partial charge is 0.349 e. The molecule has 0 radical (unpaired) electrons. The zero-order chi connectivity index (χ0) is 17.3. The SMILES string of the molecule is CCC(C)NC(=O)CCn1c(=O)c2ccccc2n2c(=O)[nH]nc12. The van der Waals surface area contributed by atoms with E-state index in [-0.39, 0.29) is 36.3 Å². The molecule has 2 N–H and O–H groups in total. The molecule has 3 rings (SSSR count). The van der Waals surface area contributed by atoms with Crippen molar-refractivity contribution >= 4 is 22.6 Å². The zero-order valence-corrected chi connectivity index (χ0v) is 13.6. The quantitative estimate of drug-likeness (QED) is 0.717. The van der Waals surface area contributed by atoms with Gasteiger partial charge >= 0.3 is 5.69 Å². The molecule has 0 bridgehead atoms. The van der Waals surface area contributed by atoms with Crippen LogP contribution in [0.15, 0.2) is 33.9 Å². The van der Waals surface area contributed by atoms with Crippen LogP contribution in [0.5, 0.6) is 0 Å². The number of para-hydroxylation sites is 1. The minimum Gasteiger partial charge on any atom is -0.354 e. The lowest BCUT2D eigenvalue weighted by Gasteiger charge is -2.12. The van der Waals surface area contributed by atoms with Gasteiger partial charge in [-0.05, 0) is 25.5 Å². The number of nitrogens with zero attached hydrogens (tertiary/aromatic N) is 3. The number of H-pyrrole nitrogens is 1. The van der Waals surface area contributed by atoms with Crippen LogP contribution in [0.3, 0.4) is 0 Å². The first-order valence-corrected chi connectivity index (χ1v) is 7.91. The van der Waals surface area contributed by atoms with E-state index >= 15 is 0 Å². The number of rotatable bonds is 5. The summed E-state index contributed by atoms with van der Waals surface area (Å²) < 4.78 is 2.71. The Morgan fingerprint density at radius 1 is 1.33 bits per heavy atom. The molecule has 8 heteroatoms. The van der Waals surface area contributed by atoms with E-state index in [2.05, 4.69) is 15.5 Å². The van der Waals surface area contributed by atoms with Crippen molar-refractivity contribution in [2.75, 3.05) is 0 Å². The summed E-state index contributed by atoms with van der Waals surface area (Å²) >= 11 is 0. The number of aryl methyl sites for hydroxylation is 1. The summed E-state index contributed by atoms with van der Waals surface area (Å²) in [5.41, 5.74) is -0.191. The van der Waals surface area contributed by atoms with Gasteiger partial charge < -0.3 is 5.32 Å². The highest BCUT2D eigenvalue weighted by molar-refractivity contribution is 5.80. The van der Waals surface area contributed by atoms with Crippen molar-refractivity contribution in [3.63, 3.8) is 0 Å². The Kier molecular flexibility index (Phi) is 4.20. The molecule has 3 aromatic rings. The maximum Gasteiger partial charge on any atom is 0.349 e. The van der Waals surface area contributed by atoms with Crippen LogP contribution in [0.1, 0.15) is 26.7 Å². The van der Waals surface area contributed by atoms with Gasteiger partial charge in [0.1, 0.15) is 0 Å². The third-order valence-corrected chi connectivity index (χ3v) is 4.10. The molecular formula is C16H19N5O3. The van der Waals surface area contributed by atoms with E-state index in [1.54, 1.807) is 24.3 Å².